The quantitative estimate of drug-likeness (QED) is 0.775. The van der Waals surface area contributed by atoms with Crippen LogP contribution in [0.4, 0.5) is 5.69 Å². The van der Waals surface area contributed by atoms with Crippen LogP contribution < -0.4 is 16.0 Å². The molecule has 1 aromatic rings. The van der Waals surface area contributed by atoms with Gasteiger partial charge in [-0.05, 0) is 50.9 Å². The van der Waals surface area contributed by atoms with E-state index in [1.807, 2.05) is 13.8 Å². The van der Waals surface area contributed by atoms with Crippen LogP contribution >= 0.6 is 0 Å². The Bertz CT molecular complexity index is 522. The van der Waals surface area contributed by atoms with Gasteiger partial charge in [0.25, 0.3) is 5.91 Å². The van der Waals surface area contributed by atoms with Crippen molar-refractivity contribution in [2.75, 3.05) is 18.4 Å². The first-order valence-corrected chi connectivity index (χ1v) is 7.56. The van der Waals surface area contributed by atoms with Crippen LogP contribution in [-0.2, 0) is 4.79 Å². The first kappa shape index (κ1) is 15.5. The Morgan fingerprint density at radius 1 is 1.33 bits per heavy atom. The smallest absolute Gasteiger partial charge is 0.251 e. The minimum atomic E-state index is -0.471. The van der Waals surface area contributed by atoms with Crippen LogP contribution in [0.15, 0.2) is 24.3 Å². The maximum atomic E-state index is 12.5. The Balaban J connectivity index is 2.10. The molecule has 1 aliphatic heterocycles. The van der Waals surface area contributed by atoms with E-state index in [0.29, 0.717) is 17.8 Å². The van der Waals surface area contributed by atoms with Crippen molar-refractivity contribution in [1.82, 2.24) is 10.6 Å². The van der Waals surface area contributed by atoms with Crippen molar-refractivity contribution in [3.05, 3.63) is 29.8 Å². The number of rotatable bonds is 5. The zero-order valence-corrected chi connectivity index (χ0v) is 12.7. The predicted octanol–water partition coefficient (Wildman–Crippen LogP) is 1.91. The highest BCUT2D eigenvalue weighted by molar-refractivity contribution is 6.00. The van der Waals surface area contributed by atoms with Gasteiger partial charge < -0.3 is 16.0 Å². The van der Waals surface area contributed by atoms with Gasteiger partial charge in [0.05, 0.1) is 5.54 Å². The first-order chi connectivity index (χ1) is 10.1. The predicted molar refractivity (Wildman–Crippen MR) is 83.3 cm³/mol. The average Bonchev–Trinajstić information content (AvgIpc) is 2.98. The minimum absolute atomic E-state index is 0.0180. The first-order valence-electron chi connectivity index (χ1n) is 7.56. The number of hydrogen-bond acceptors (Lipinski definition) is 3. The van der Waals surface area contributed by atoms with Crippen LogP contribution in [0.2, 0.25) is 0 Å². The summed E-state index contributed by atoms with van der Waals surface area (Å²) >= 11 is 0. The molecule has 1 heterocycles. The molecule has 0 aromatic heterocycles. The van der Waals surface area contributed by atoms with Crippen molar-refractivity contribution in [1.29, 1.82) is 0 Å². The fourth-order valence-corrected chi connectivity index (χ4v) is 2.71. The van der Waals surface area contributed by atoms with Crippen molar-refractivity contribution < 1.29 is 9.59 Å². The standard InChI is InChI=1S/C16H23N3O2/c1-3-16(9-6-10-18-16)15(21)19-13-8-5-7-12(11-13)14(20)17-4-2/h5,7-8,11,18H,3-4,6,9-10H2,1-2H3,(H,17,20)(H,19,21). The molecule has 1 aromatic carbocycles. The fourth-order valence-electron chi connectivity index (χ4n) is 2.71. The Morgan fingerprint density at radius 2 is 2.14 bits per heavy atom. The number of hydrogen-bond donors (Lipinski definition) is 3. The van der Waals surface area contributed by atoms with E-state index in [-0.39, 0.29) is 11.8 Å². The molecular formula is C16H23N3O2. The summed E-state index contributed by atoms with van der Waals surface area (Å²) in [6, 6.07) is 7.03. The maximum Gasteiger partial charge on any atom is 0.251 e. The normalized spacial score (nSPS) is 21.0. The number of carbonyl (C=O) groups is 2. The van der Waals surface area contributed by atoms with Gasteiger partial charge in [-0.25, -0.2) is 0 Å². The van der Waals surface area contributed by atoms with Crippen LogP contribution in [0.3, 0.4) is 0 Å². The van der Waals surface area contributed by atoms with E-state index in [0.717, 1.165) is 25.8 Å². The van der Waals surface area contributed by atoms with Crippen molar-refractivity contribution in [2.45, 2.75) is 38.6 Å². The van der Waals surface area contributed by atoms with Crippen LogP contribution in [0, 0.1) is 0 Å². The van der Waals surface area contributed by atoms with Crippen LogP contribution in [0.25, 0.3) is 0 Å². The molecule has 5 nitrogen and oxygen atoms in total. The van der Waals surface area contributed by atoms with Crippen molar-refractivity contribution in [3.63, 3.8) is 0 Å². The molecule has 0 aliphatic carbocycles. The Morgan fingerprint density at radius 3 is 2.76 bits per heavy atom. The summed E-state index contributed by atoms with van der Waals surface area (Å²) in [6.07, 6.45) is 2.63. The summed E-state index contributed by atoms with van der Waals surface area (Å²) in [6.45, 7) is 5.35. The highest BCUT2D eigenvalue weighted by Crippen LogP contribution is 2.25. The molecule has 3 N–H and O–H groups in total. The molecule has 0 spiro atoms. The third-order valence-electron chi connectivity index (χ3n) is 4.00. The second-order valence-electron chi connectivity index (χ2n) is 5.36. The number of nitrogens with one attached hydrogen (secondary N) is 3. The zero-order chi connectivity index (χ0) is 15.3. The van der Waals surface area contributed by atoms with E-state index in [9.17, 15) is 9.59 Å². The highest BCUT2D eigenvalue weighted by atomic mass is 16.2. The monoisotopic (exact) mass is 289 g/mol. The van der Waals surface area contributed by atoms with Gasteiger partial charge in [-0.3, -0.25) is 9.59 Å². The van der Waals surface area contributed by atoms with Gasteiger partial charge in [0, 0.05) is 17.8 Å². The van der Waals surface area contributed by atoms with Crippen LogP contribution in [-0.4, -0.2) is 30.4 Å². The molecule has 0 bridgehead atoms. The fraction of sp³-hybridized carbons (Fsp3) is 0.500. The van der Waals surface area contributed by atoms with E-state index in [2.05, 4.69) is 16.0 Å². The average molecular weight is 289 g/mol. The largest absolute Gasteiger partial charge is 0.352 e. The van der Waals surface area contributed by atoms with Gasteiger partial charge in [0.15, 0.2) is 0 Å². The summed E-state index contributed by atoms with van der Waals surface area (Å²) in [5, 5.41) is 8.99. The van der Waals surface area contributed by atoms with Gasteiger partial charge in [-0.1, -0.05) is 13.0 Å². The Labute approximate surface area is 125 Å². The molecule has 1 saturated heterocycles. The minimum Gasteiger partial charge on any atom is -0.352 e. The van der Waals surface area contributed by atoms with E-state index in [4.69, 9.17) is 0 Å². The third-order valence-corrected chi connectivity index (χ3v) is 4.00. The second kappa shape index (κ2) is 6.72. The van der Waals surface area contributed by atoms with E-state index in [1.165, 1.54) is 0 Å². The molecular weight excluding hydrogens is 266 g/mol. The number of benzene rings is 1. The van der Waals surface area contributed by atoms with Gasteiger partial charge >= 0.3 is 0 Å². The van der Waals surface area contributed by atoms with Crippen molar-refractivity contribution in [3.8, 4) is 0 Å². The van der Waals surface area contributed by atoms with Gasteiger partial charge in [0.2, 0.25) is 5.91 Å². The highest BCUT2D eigenvalue weighted by Gasteiger charge is 2.39. The van der Waals surface area contributed by atoms with Crippen LogP contribution in [0.5, 0.6) is 0 Å². The number of carbonyl (C=O) groups excluding carboxylic acids is 2. The molecule has 2 rings (SSSR count). The molecule has 114 valence electrons. The summed E-state index contributed by atoms with van der Waals surface area (Å²) in [5.41, 5.74) is 0.742. The third kappa shape index (κ3) is 3.42. The lowest BCUT2D eigenvalue weighted by Crippen LogP contribution is -2.50. The lowest BCUT2D eigenvalue weighted by atomic mass is 9.93. The number of amides is 2. The molecule has 1 aliphatic rings. The van der Waals surface area contributed by atoms with E-state index >= 15 is 0 Å². The maximum absolute atomic E-state index is 12.5. The molecule has 0 saturated carbocycles. The summed E-state index contributed by atoms with van der Waals surface area (Å²) < 4.78 is 0. The molecule has 1 unspecified atom stereocenters. The van der Waals surface area contributed by atoms with E-state index < -0.39 is 5.54 Å². The van der Waals surface area contributed by atoms with Gasteiger partial charge in [0.1, 0.15) is 0 Å². The molecule has 2 amide bonds. The SMILES string of the molecule is CCNC(=O)c1cccc(NC(=O)C2(CC)CCCN2)c1. The van der Waals surface area contributed by atoms with Crippen molar-refractivity contribution in [2.24, 2.45) is 0 Å². The molecule has 0 radical (unpaired) electrons. The zero-order valence-electron chi connectivity index (χ0n) is 12.7. The van der Waals surface area contributed by atoms with E-state index in [1.54, 1.807) is 24.3 Å². The molecule has 21 heavy (non-hydrogen) atoms. The molecule has 1 fully saturated rings. The summed E-state index contributed by atoms with van der Waals surface area (Å²) in [5.74, 6) is -0.145. The summed E-state index contributed by atoms with van der Waals surface area (Å²) in [4.78, 5) is 24.3. The molecule has 1 atom stereocenters. The lowest BCUT2D eigenvalue weighted by molar-refractivity contribution is -0.122. The summed E-state index contributed by atoms with van der Waals surface area (Å²) in [7, 11) is 0. The Kier molecular flexibility index (Phi) is 4.96. The van der Waals surface area contributed by atoms with Crippen LogP contribution in [0.1, 0.15) is 43.5 Å². The van der Waals surface area contributed by atoms with Gasteiger partial charge in [-0.15, -0.1) is 0 Å². The molecule has 5 heteroatoms. The number of anilines is 1. The second-order valence-corrected chi connectivity index (χ2v) is 5.36. The lowest BCUT2D eigenvalue weighted by Gasteiger charge is -2.26. The Hall–Kier alpha value is -1.88. The van der Waals surface area contributed by atoms with Crippen molar-refractivity contribution >= 4 is 17.5 Å². The topological polar surface area (TPSA) is 70.2 Å². The van der Waals surface area contributed by atoms with Gasteiger partial charge in [-0.2, -0.15) is 0 Å².